The van der Waals surface area contributed by atoms with E-state index in [-0.39, 0.29) is 5.91 Å². The van der Waals surface area contributed by atoms with E-state index in [4.69, 9.17) is 22.2 Å². The number of nitrogens with zero attached hydrogens (tertiary/aromatic N) is 1. The summed E-state index contributed by atoms with van der Waals surface area (Å²) in [5.74, 6) is 5.97. The van der Waals surface area contributed by atoms with E-state index < -0.39 is 0 Å². The van der Waals surface area contributed by atoms with Gasteiger partial charge in [0.25, 0.3) is 5.91 Å². The molecule has 0 spiro atoms. The number of ether oxygens (including phenoxy) is 1. The van der Waals surface area contributed by atoms with Crippen molar-refractivity contribution in [1.29, 1.82) is 0 Å². The van der Waals surface area contributed by atoms with Crippen molar-refractivity contribution in [2.45, 2.75) is 0 Å². The molecule has 0 fully saturated rings. The number of carbonyl (C=O) groups is 1. The fourth-order valence-electron chi connectivity index (χ4n) is 1.67. The summed E-state index contributed by atoms with van der Waals surface area (Å²) in [5.41, 5.74) is 0.961. The van der Waals surface area contributed by atoms with Gasteiger partial charge in [-0.2, -0.15) is 0 Å². The highest BCUT2D eigenvalue weighted by Gasteiger charge is 2.17. The Morgan fingerprint density at radius 2 is 1.79 bits per heavy atom. The topological polar surface area (TPSA) is 55.6 Å². The van der Waals surface area contributed by atoms with E-state index in [2.05, 4.69) is 0 Å². The van der Waals surface area contributed by atoms with E-state index in [1.807, 2.05) is 0 Å². The first-order valence-corrected chi connectivity index (χ1v) is 5.99. The van der Waals surface area contributed by atoms with Crippen LogP contribution >= 0.6 is 11.6 Å². The molecule has 98 valence electrons. The minimum atomic E-state index is -0.347. The van der Waals surface area contributed by atoms with E-state index in [1.54, 1.807) is 48.5 Å². The molecule has 0 aliphatic carbocycles. The highest BCUT2D eigenvalue weighted by molar-refractivity contribution is 6.30. The lowest BCUT2D eigenvalue weighted by molar-refractivity contribution is 0.0984. The van der Waals surface area contributed by atoms with Gasteiger partial charge in [0.15, 0.2) is 0 Å². The van der Waals surface area contributed by atoms with Gasteiger partial charge >= 0.3 is 0 Å². The lowest BCUT2D eigenvalue weighted by Crippen LogP contribution is -2.37. The second kappa shape index (κ2) is 5.73. The summed E-state index contributed by atoms with van der Waals surface area (Å²) in [6, 6.07) is 13.6. The molecule has 2 aromatic rings. The summed E-state index contributed by atoms with van der Waals surface area (Å²) < 4.78 is 5.15. The van der Waals surface area contributed by atoms with Gasteiger partial charge in [0.1, 0.15) is 5.75 Å². The molecule has 0 aliphatic rings. The quantitative estimate of drug-likeness (QED) is 0.533. The fourth-order valence-corrected chi connectivity index (χ4v) is 1.80. The molecule has 19 heavy (non-hydrogen) atoms. The number of para-hydroxylation sites is 1. The molecule has 0 saturated heterocycles. The SMILES string of the molecule is COc1ccccc1C(=O)N(N)c1ccc(Cl)cc1. The number of hydrazine groups is 1. The second-order valence-corrected chi connectivity index (χ2v) is 4.29. The van der Waals surface area contributed by atoms with Gasteiger partial charge in [-0.3, -0.25) is 4.79 Å². The summed E-state index contributed by atoms with van der Waals surface area (Å²) in [7, 11) is 1.51. The van der Waals surface area contributed by atoms with Crippen molar-refractivity contribution < 1.29 is 9.53 Å². The van der Waals surface area contributed by atoms with Gasteiger partial charge in [-0.15, -0.1) is 0 Å². The summed E-state index contributed by atoms with van der Waals surface area (Å²) >= 11 is 5.80. The van der Waals surface area contributed by atoms with Crippen molar-refractivity contribution in [2.24, 2.45) is 5.84 Å². The van der Waals surface area contributed by atoms with Crippen LogP contribution in [0.4, 0.5) is 5.69 Å². The molecule has 0 aromatic heterocycles. The first kappa shape index (κ1) is 13.4. The molecule has 0 atom stereocenters. The zero-order valence-electron chi connectivity index (χ0n) is 10.3. The van der Waals surface area contributed by atoms with E-state index in [1.165, 1.54) is 7.11 Å². The number of halogens is 1. The zero-order valence-corrected chi connectivity index (χ0v) is 11.1. The van der Waals surface area contributed by atoms with E-state index in [9.17, 15) is 4.79 Å². The highest BCUT2D eigenvalue weighted by atomic mass is 35.5. The van der Waals surface area contributed by atoms with Crippen LogP contribution in [0.3, 0.4) is 0 Å². The lowest BCUT2D eigenvalue weighted by atomic mass is 10.1. The fraction of sp³-hybridized carbons (Fsp3) is 0.0714. The van der Waals surface area contributed by atoms with Crippen LogP contribution in [0, 0.1) is 0 Å². The van der Waals surface area contributed by atoms with E-state index in [0.717, 1.165) is 5.01 Å². The minimum absolute atomic E-state index is 0.347. The standard InChI is InChI=1S/C14H13ClN2O2/c1-19-13-5-3-2-4-12(13)14(18)17(16)11-8-6-10(15)7-9-11/h2-9H,16H2,1H3. The highest BCUT2D eigenvalue weighted by Crippen LogP contribution is 2.22. The number of rotatable bonds is 3. The van der Waals surface area contributed by atoms with E-state index in [0.29, 0.717) is 22.0 Å². The minimum Gasteiger partial charge on any atom is -0.496 e. The van der Waals surface area contributed by atoms with Crippen LogP contribution in [0.5, 0.6) is 5.75 Å². The average molecular weight is 277 g/mol. The molecule has 2 aromatic carbocycles. The lowest BCUT2D eigenvalue weighted by Gasteiger charge is -2.18. The van der Waals surface area contributed by atoms with Crippen LogP contribution in [0.25, 0.3) is 0 Å². The van der Waals surface area contributed by atoms with Crippen molar-refractivity contribution in [3.63, 3.8) is 0 Å². The number of carbonyl (C=O) groups excluding carboxylic acids is 1. The Bertz CT molecular complexity index is 584. The Balaban J connectivity index is 2.30. The van der Waals surface area contributed by atoms with Crippen molar-refractivity contribution in [2.75, 3.05) is 12.1 Å². The van der Waals surface area contributed by atoms with Gasteiger partial charge < -0.3 is 4.74 Å². The van der Waals surface area contributed by atoms with Crippen LogP contribution < -0.4 is 15.6 Å². The Kier molecular flexibility index (Phi) is 4.04. The molecule has 0 heterocycles. The third-order valence-electron chi connectivity index (χ3n) is 2.66. The van der Waals surface area contributed by atoms with Crippen LogP contribution in [-0.4, -0.2) is 13.0 Å². The molecule has 2 rings (SSSR count). The molecule has 0 aliphatic heterocycles. The number of hydrogen-bond acceptors (Lipinski definition) is 3. The smallest absolute Gasteiger partial charge is 0.276 e. The zero-order chi connectivity index (χ0) is 13.8. The third-order valence-corrected chi connectivity index (χ3v) is 2.91. The van der Waals surface area contributed by atoms with Gasteiger partial charge in [-0.25, -0.2) is 10.9 Å². The van der Waals surface area contributed by atoms with Crippen molar-refractivity contribution >= 4 is 23.2 Å². The van der Waals surface area contributed by atoms with Crippen molar-refractivity contribution in [3.8, 4) is 5.75 Å². The molecule has 0 radical (unpaired) electrons. The first-order valence-electron chi connectivity index (χ1n) is 5.61. The number of anilines is 1. The molecule has 0 saturated carbocycles. The maximum Gasteiger partial charge on any atom is 0.276 e. The normalized spacial score (nSPS) is 10.1. The van der Waals surface area contributed by atoms with Crippen LogP contribution in [0.15, 0.2) is 48.5 Å². The Morgan fingerprint density at radius 1 is 1.16 bits per heavy atom. The van der Waals surface area contributed by atoms with Crippen LogP contribution in [0.1, 0.15) is 10.4 Å². The average Bonchev–Trinajstić information content (AvgIpc) is 2.46. The van der Waals surface area contributed by atoms with Gasteiger partial charge in [0.05, 0.1) is 18.4 Å². The predicted octanol–water partition coefficient (Wildman–Crippen LogP) is 2.87. The second-order valence-electron chi connectivity index (χ2n) is 3.85. The van der Waals surface area contributed by atoms with Crippen molar-refractivity contribution in [3.05, 3.63) is 59.1 Å². The number of methoxy groups -OCH3 is 1. The predicted molar refractivity (Wildman–Crippen MR) is 75.4 cm³/mol. The van der Waals surface area contributed by atoms with Crippen LogP contribution in [0.2, 0.25) is 5.02 Å². The molecule has 2 N–H and O–H groups in total. The largest absolute Gasteiger partial charge is 0.496 e. The third kappa shape index (κ3) is 2.86. The molecule has 5 heteroatoms. The Labute approximate surface area is 116 Å². The molecular weight excluding hydrogens is 264 g/mol. The van der Waals surface area contributed by atoms with Crippen molar-refractivity contribution in [1.82, 2.24) is 0 Å². The van der Waals surface area contributed by atoms with Gasteiger partial charge in [-0.1, -0.05) is 23.7 Å². The van der Waals surface area contributed by atoms with Gasteiger partial charge in [-0.05, 0) is 36.4 Å². The Morgan fingerprint density at radius 3 is 2.42 bits per heavy atom. The molecule has 1 amide bonds. The van der Waals surface area contributed by atoms with Gasteiger partial charge in [0.2, 0.25) is 0 Å². The van der Waals surface area contributed by atoms with Gasteiger partial charge in [0, 0.05) is 5.02 Å². The summed E-state index contributed by atoms with van der Waals surface area (Å²) in [5, 5.41) is 1.65. The number of benzene rings is 2. The van der Waals surface area contributed by atoms with E-state index >= 15 is 0 Å². The molecular formula is C14H13ClN2O2. The number of hydrogen-bond donors (Lipinski definition) is 1. The van der Waals surface area contributed by atoms with Crippen LogP contribution in [-0.2, 0) is 0 Å². The maximum absolute atomic E-state index is 12.3. The number of amides is 1. The number of nitrogens with two attached hydrogens (primary N) is 1. The maximum atomic E-state index is 12.3. The molecule has 0 bridgehead atoms. The molecule has 4 nitrogen and oxygen atoms in total. The summed E-state index contributed by atoms with van der Waals surface area (Å²) in [6.45, 7) is 0. The molecule has 0 unspecified atom stereocenters. The Hall–Kier alpha value is -2.04. The summed E-state index contributed by atoms with van der Waals surface area (Å²) in [6.07, 6.45) is 0. The first-order chi connectivity index (χ1) is 9.13. The summed E-state index contributed by atoms with van der Waals surface area (Å²) in [4.78, 5) is 12.3. The monoisotopic (exact) mass is 276 g/mol.